The lowest BCUT2D eigenvalue weighted by atomic mass is 9.94. The summed E-state index contributed by atoms with van der Waals surface area (Å²) in [4.78, 5) is 24.5. The molecule has 0 atom stereocenters. The highest BCUT2D eigenvalue weighted by Crippen LogP contribution is 2.28. The summed E-state index contributed by atoms with van der Waals surface area (Å²) in [5, 5.41) is 31.1. The van der Waals surface area contributed by atoms with E-state index in [0.717, 1.165) is 0 Å². The number of benzene rings is 1. The Morgan fingerprint density at radius 2 is 1.90 bits per heavy atom. The molecule has 0 spiro atoms. The molecule has 1 aromatic rings. The van der Waals surface area contributed by atoms with Crippen molar-refractivity contribution in [3.63, 3.8) is 0 Å². The third kappa shape index (κ3) is 3.43. The number of hydrogen-bond donors (Lipinski definition) is 4. The van der Waals surface area contributed by atoms with Gasteiger partial charge in [0, 0.05) is 13.1 Å². The van der Waals surface area contributed by atoms with Crippen LogP contribution >= 0.6 is 0 Å². The van der Waals surface area contributed by atoms with Crippen molar-refractivity contribution in [3.8, 4) is 5.75 Å². The van der Waals surface area contributed by atoms with Crippen LogP contribution in [-0.4, -0.2) is 50.9 Å². The monoisotopic (exact) mass is 294 g/mol. The zero-order chi connectivity index (χ0) is 15.6. The number of carbonyl (C=O) groups excluding carboxylic acids is 1. The number of carbonyl (C=O) groups is 2. The number of para-hydroxylation sites is 1. The zero-order valence-electron chi connectivity index (χ0n) is 11.7. The number of carboxylic acid groups (broad SMARTS) is 1. The van der Waals surface area contributed by atoms with Crippen LogP contribution in [-0.2, 0) is 0 Å². The number of nitrogens with zero attached hydrogens (tertiary/aromatic N) is 1. The molecule has 1 fully saturated rings. The number of phenols is 1. The summed E-state index contributed by atoms with van der Waals surface area (Å²) >= 11 is 0. The summed E-state index contributed by atoms with van der Waals surface area (Å²) in [6, 6.07) is 3.70. The largest absolute Gasteiger partial charge is 0.505 e. The van der Waals surface area contributed by atoms with Crippen molar-refractivity contribution in [2.75, 3.05) is 18.4 Å². The first-order valence-electron chi connectivity index (χ1n) is 6.64. The van der Waals surface area contributed by atoms with Crippen LogP contribution in [0.3, 0.4) is 0 Å². The molecule has 1 aliphatic heterocycles. The van der Waals surface area contributed by atoms with Gasteiger partial charge in [-0.2, -0.15) is 0 Å². The highest BCUT2D eigenvalue weighted by atomic mass is 16.4. The molecule has 0 radical (unpaired) electrons. The van der Waals surface area contributed by atoms with E-state index in [9.17, 15) is 19.8 Å². The molecule has 7 heteroatoms. The number of likely N-dealkylation sites (tertiary alicyclic amines) is 1. The Morgan fingerprint density at radius 3 is 2.48 bits per heavy atom. The van der Waals surface area contributed by atoms with Gasteiger partial charge in [0.2, 0.25) is 0 Å². The number of rotatable bonds is 2. The number of aromatic hydroxyl groups is 1. The van der Waals surface area contributed by atoms with Crippen LogP contribution in [0.25, 0.3) is 0 Å². The molecule has 0 unspecified atom stereocenters. The van der Waals surface area contributed by atoms with Crippen molar-refractivity contribution in [2.45, 2.75) is 25.4 Å². The van der Waals surface area contributed by atoms with Gasteiger partial charge in [0.1, 0.15) is 5.56 Å². The van der Waals surface area contributed by atoms with Gasteiger partial charge in [-0.25, -0.2) is 9.59 Å². The van der Waals surface area contributed by atoms with E-state index in [4.69, 9.17) is 5.11 Å². The van der Waals surface area contributed by atoms with Gasteiger partial charge in [-0.1, -0.05) is 6.07 Å². The van der Waals surface area contributed by atoms with Crippen LogP contribution in [0.1, 0.15) is 30.1 Å². The molecule has 7 nitrogen and oxygen atoms in total. The van der Waals surface area contributed by atoms with E-state index in [1.807, 2.05) is 0 Å². The van der Waals surface area contributed by atoms with Gasteiger partial charge in [-0.3, -0.25) is 0 Å². The van der Waals surface area contributed by atoms with Gasteiger partial charge < -0.3 is 25.5 Å². The van der Waals surface area contributed by atoms with Crippen LogP contribution in [0.4, 0.5) is 10.5 Å². The molecule has 2 rings (SSSR count). The third-order valence-corrected chi connectivity index (χ3v) is 3.64. The molecule has 21 heavy (non-hydrogen) atoms. The molecule has 0 aliphatic carbocycles. The second-order valence-corrected chi connectivity index (χ2v) is 5.42. The van der Waals surface area contributed by atoms with Crippen LogP contribution in [0.15, 0.2) is 18.2 Å². The van der Waals surface area contributed by atoms with E-state index in [1.165, 1.54) is 23.1 Å². The van der Waals surface area contributed by atoms with E-state index in [-0.39, 0.29) is 11.3 Å². The Hall–Kier alpha value is -2.28. The highest BCUT2D eigenvalue weighted by molar-refractivity contribution is 5.97. The summed E-state index contributed by atoms with van der Waals surface area (Å²) in [6.45, 7) is 2.53. The number of anilines is 1. The first kappa shape index (κ1) is 15.1. The summed E-state index contributed by atoms with van der Waals surface area (Å²) in [7, 11) is 0. The van der Waals surface area contributed by atoms with Gasteiger partial charge >= 0.3 is 12.0 Å². The first-order chi connectivity index (χ1) is 9.80. The van der Waals surface area contributed by atoms with Crippen molar-refractivity contribution in [1.82, 2.24) is 4.90 Å². The molecule has 1 aromatic carbocycles. The summed E-state index contributed by atoms with van der Waals surface area (Å²) < 4.78 is 0. The van der Waals surface area contributed by atoms with E-state index in [1.54, 1.807) is 6.92 Å². The first-order valence-corrected chi connectivity index (χ1v) is 6.64. The average molecular weight is 294 g/mol. The van der Waals surface area contributed by atoms with Crippen LogP contribution < -0.4 is 5.32 Å². The predicted octanol–water partition coefficient (Wildman–Crippen LogP) is 1.47. The fourth-order valence-electron chi connectivity index (χ4n) is 2.20. The Balaban J connectivity index is 2.07. The number of nitrogens with one attached hydrogen (secondary N) is 1. The van der Waals surface area contributed by atoms with Gasteiger partial charge in [-0.05, 0) is 31.9 Å². The van der Waals surface area contributed by atoms with Crippen LogP contribution in [0.2, 0.25) is 0 Å². The number of carboxylic acids is 1. The molecule has 1 saturated heterocycles. The van der Waals surface area contributed by atoms with Crippen LogP contribution in [0.5, 0.6) is 5.75 Å². The Kier molecular flexibility index (Phi) is 4.04. The topological polar surface area (TPSA) is 110 Å². The second-order valence-electron chi connectivity index (χ2n) is 5.42. The summed E-state index contributed by atoms with van der Waals surface area (Å²) in [5.41, 5.74) is -0.978. The van der Waals surface area contributed by atoms with Gasteiger partial charge in [0.05, 0.1) is 11.3 Å². The lowest BCUT2D eigenvalue weighted by Gasteiger charge is -2.35. The third-order valence-electron chi connectivity index (χ3n) is 3.64. The molecule has 114 valence electrons. The number of aliphatic hydroxyl groups is 1. The van der Waals surface area contributed by atoms with E-state index in [2.05, 4.69) is 5.32 Å². The molecule has 0 bridgehead atoms. The number of hydrogen-bond acceptors (Lipinski definition) is 4. The van der Waals surface area contributed by atoms with Crippen molar-refractivity contribution < 1.29 is 24.9 Å². The maximum atomic E-state index is 12.1. The quantitative estimate of drug-likeness (QED) is 0.617. The Bertz CT molecular complexity index is 560. The average Bonchev–Trinajstić information content (AvgIpc) is 2.40. The second kappa shape index (κ2) is 5.61. The van der Waals surface area contributed by atoms with Crippen molar-refractivity contribution in [1.29, 1.82) is 0 Å². The number of piperidine rings is 1. The maximum Gasteiger partial charge on any atom is 0.339 e. The molecule has 2 amide bonds. The number of aromatic carboxylic acids is 1. The fourth-order valence-corrected chi connectivity index (χ4v) is 2.20. The lowest BCUT2D eigenvalue weighted by Crippen LogP contribution is -2.46. The van der Waals surface area contributed by atoms with E-state index in [0.29, 0.717) is 25.9 Å². The highest BCUT2D eigenvalue weighted by Gasteiger charge is 2.29. The molecule has 1 aliphatic rings. The normalized spacial score (nSPS) is 17.3. The van der Waals surface area contributed by atoms with Gasteiger partial charge in [0.25, 0.3) is 0 Å². The Labute approximate surface area is 121 Å². The predicted molar refractivity (Wildman–Crippen MR) is 75.5 cm³/mol. The van der Waals surface area contributed by atoms with Crippen molar-refractivity contribution in [2.24, 2.45) is 0 Å². The lowest BCUT2D eigenvalue weighted by molar-refractivity contribution is 0.00568. The molecule has 1 heterocycles. The van der Waals surface area contributed by atoms with Gasteiger partial charge in [0.15, 0.2) is 5.75 Å². The fraction of sp³-hybridized carbons (Fsp3) is 0.429. The Morgan fingerprint density at radius 1 is 1.29 bits per heavy atom. The van der Waals surface area contributed by atoms with Crippen LogP contribution in [0, 0.1) is 0 Å². The molecular formula is C14H18N2O5. The summed E-state index contributed by atoms with van der Waals surface area (Å²) in [6.07, 6.45) is 0.948. The SMILES string of the molecule is CC1(O)CCN(C(=O)Nc2cccc(C(=O)O)c2O)CC1. The van der Waals surface area contributed by atoms with Gasteiger partial charge in [-0.15, -0.1) is 0 Å². The van der Waals surface area contributed by atoms with Crippen molar-refractivity contribution in [3.05, 3.63) is 23.8 Å². The minimum Gasteiger partial charge on any atom is -0.505 e. The van der Waals surface area contributed by atoms with E-state index < -0.39 is 23.4 Å². The van der Waals surface area contributed by atoms with Crippen molar-refractivity contribution >= 4 is 17.7 Å². The molecule has 4 N–H and O–H groups in total. The zero-order valence-corrected chi connectivity index (χ0v) is 11.7. The number of urea groups is 1. The van der Waals surface area contributed by atoms with E-state index >= 15 is 0 Å². The molecule has 0 saturated carbocycles. The minimum absolute atomic E-state index is 0.0530. The molecule has 0 aromatic heterocycles. The number of amides is 2. The smallest absolute Gasteiger partial charge is 0.339 e. The standard InChI is InChI=1S/C14H18N2O5/c1-14(21)5-7-16(8-6-14)13(20)15-10-4-2-3-9(11(10)17)12(18)19/h2-4,17,21H,5-8H2,1H3,(H,15,20)(H,18,19). The maximum absolute atomic E-state index is 12.1. The molecular weight excluding hydrogens is 276 g/mol. The summed E-state index contributed by atoms with van der Waals surface area (Å²) in [5.74, 6) is -1.74. The minimum atomic E-state index is -1.27.